The Bertz CT molecular complexity index is 1260. The summed E-state index contributed by atoms with van der Waals surface area (Å²) in [5.74, 6) is 1.12. The molecular formula is C38H48N2O4. The Hall–Kier alpha value is -3.87. The SMILES string of the molecule is CCOC(=O)C=CC=Cc1ccc(OCCCCCCCN2CCN(C(c3ccccc3)c3ccccc3)CC2)c(OC)c1. The molecule has 0 saturated carbocycles. The summed E-state index contributed by atoms with van der Waals surface area (Å²) in [5.41, 5.74) is 3.72. The zero-order valence-electron chi connectivity index (χ0n) is 26.4. The number of hydrogen-bond acceptors (Lipinski definition) is 6. The van der Waals surface area contributed by atoms with E-state index in [1.54, 1.807) is 26.2 Å². The molecule has 1 aliphatic heterocycles. The molecule has 1 aliphatic rings. The normalized spacial score (nSPS) is 14.4. The first-order valence-corrected chi connectivity index (χ1v) is 16.1. The van der Waals surface area contributed by atoms with Crippen LogP contribution in [0.5, 0.6) is 11.5 Å². The highest BCUT2D eigenvalue weighted by Crippen LogP contribution is 2.30. The molecule has 1 fully saturated rings. The van der Waals surface area contributed by atoms with Gasteiger partial charge in [0.15, 0.2) is 11.5 Å². The number of piperazine rings is 1. The van der Waals surface area contributed by atoms with Gasteiger partial charge in [-0.2, -0.15) is 0 Å². The number of rotatable bonds is 17. The van der Waals surface area contributed by atoms with Crippen molar-refractivity contribution >= 4 is 12.0 Å². The molecule has 3 aromatic rings. The molecule has 6 heteroatoms. The summed E-state index contributed by atoms with van der Waals surface area (Å²) in [6.07, 6.45) is 12.7. The van der Waals surface area contributed by atoms with E-state index in [1.165, 1.54) is 49.4 Å². The highest BCUT2D eigenvalue weighted by atomic mass is 16.5. The van der Waals surface area contributed by atoms with E-state index in [2.05, 4.69) is 70.5 Å². The van der Waals surface area contributed by atoms with Crippen molar-refractivity contribution in [1.29, 1.82) is 0 Å². The summed E-state index contributed by atoms with van der Waals surface area (Å²) >= 11 is 0. The van der Waals surface area contributed by atoms with E-state index in [0.29, 0.717) is 25.0 Å². The predicted molar refractivity (Wildman–Crippen MR) is 179 cm³/mol. The quantitative estimate of drug-likeness (QED) is 0.0694. The number of nitrogens with zero attached hydrogens (tertiary/aromatic N) is 2. The van der Waals surface area contributed by atoms with Crippen molar-refractivity contribution in [2.75, 3.05) is 53.0 Å². The van der Waals surface area contributed by atoms with E-state index in [4.69, 9.17) is 14.2 Å². The molecular weight excluding hydrogens is 548 g/mol. The number of benzene rings is 3. The molecule has 6 nitrogen and oxygen atoms in total. The zero-order chi connectivity index (χ0) is 30.8. The van der Waals surface area contributed by atoms with Gasteiger partial charge in [0.1, 0.15) is 0 Å². The molecule has 44 heavy (non-hydrogen) atoms. The number of carbonyl (C=O) groups excluding carboxylic acids is 1. The van der Waals surface area contributed by atoms with E-state index < -0.39 is 0 Å². The molecule has 1 heterocycles. The number of carbonyl (C=O) groups is 1. The fraction of sp³-hybridized carbons (Fsp3) is 0.395. The second kappa shape index (κ2) is 18.7. The molecule has 0 N–H and O–H groups in total. The zero-order valence-corrected chi connectivity index (χ0v) is 26.4. The van der Waals surface area contributed by atoms with Crippen LogP contribution in [0, 0.1) is 0 Å². The predicted octanol–water partition coefficient (Wildman–Crippen LogP) is 7.56. The van der Waals surface area contributed by atoms with Gasteiger partial charge in [-0.15, -0.1) is 0 Å². The van der Waals surface area contributed by atoms with Crippen LogP contribution >= 0.6 is 0 Å². The van der Waals surface area contributed by atoms with Crippen molar-refractivity contribution in [3.63, 3.8) is 0 Å². The molecule has 4 rings (SSSR count). The molecule has 0 aliphatic carbocycles. The number of esters is 1. The first-order valence-electron chi connectivity index (χ1n) is 16.1. The van der Waals surface area contributed by atoms with Gasteiger partial charge in [-0.25, -0.2) is 4.79 Å². The van der Waals surface area contributed by atoms with Gasteiger partial charge in [0.2, 0.25) is 0 Å². The van der Waals surface area contributed by atoms with Crippen LogP contribution < -0.4 is 9.47 Å². The second-order valence-corrected chi connectivity index (χ2v) is 11.1. The Morgan fingerprint density at radius 2 is 1.45 bits per heavy atom. The molecule has 0 unspecified atom stereocenters. The highest BCUT2D eigenvalue weighted by molar-refractivity contribution is 5.82. The van der Waals surface area contributed by atoms with E-state index in [9.17, 15) is 4.79 Å². The lowest BCUT2D eigenvalue weighted by Crippen LogP contribution is -2.48. The number of hydrogen-bond donors (Lipinski definition) is 0. The maximum absolute atomic E-state index is 11.4. The molecule has 3 aromatic carbocycles. The summed E-state index contributed by atoms with van der Waals surface area (Å²) in [7, 11) is 1.65. The van der Waals surface area contributed by atoms with Crippen molar-refractivity contribution in [2.45, 2.75) is 45.1 Å². The minimum Gasteiger partial charge on any atom is -0.493 e. The van der Waals surface area contributed by atoms with Crippen molar-refractivity contribution in [1.82, 2.24) is 9.80 Å². The molecule has 0 spiro atoms. The molecule has 0 atom stereocenters. The number of methoxy groups -OCH3 is 1. The average molecular weight is 597 g/mol. The van der Waals surface area contributed by atoms with E-state index in [1.807, 2.05) is 24.3 Å². The maximum atomic E-state index is 11.4. The smallest absolute Gasteiger partial charge is 0.330 e. The molecule has 0 amide bonds. The lowest BCUT2D eigenvalue weighted by atomic mass is 9.96. The third-order valence-electron chi connectivity index (χ3n) is 7.99. The second-order valence-electron chi connectivity index (χ2n) is 11.1. The van der Waals surface area contributed by atoms with Crippen LogP contribution in [0.1, 0.15) is 61.8 Å². The standard InChI is InChI=1S/C38H48N2O4/c1-3-43-37(41)22-14-13-17-32-23-24-35(36(31-32)42-2)44-30-16-6-4-5-15-25-39-26-28-40(29-27-39)38(33-18-9-7-10-19-33)34-20-11-8-12-21-34/h7-14,17-24,31,38H,3-6,15-16,25-30H2,1-2H3. The largest absolute Gasteiger partial charge is 0.493 e. The summed E-state index contributed by atoms with van der Waals surface area (Å²) in [6.45, 7) is 8.47. The van der Waals surface area contributed by atoms with Gasteiger partial charge < -0.3 is 19.1 Å². The minimum absolute atomic E-state index is 0.322. The fourth-order valence-corrected chi connectivity index (χ4v) is 5.68. The third kappa shape index (κ3) is 10.7. The van der Waals surface area contributed by atoms with Crippen molar-refractivity contribution in [2.24, 2.45) is 0 Å². The first kappa shape index (κ1) is 33.0. The van der Waals surface area contributed by atoms with E-state index >= 15 is 0 Å². The molecule has 1 saturated heterocycles. The Morgan fingerprint density at radius 1 is 0.795 bits per heavy atom. The van der Waals surface area contributed by atoms with Crippen LogP contribution in [0.4, 0.5) is 0 Å². The highest BCUT2D eigenvalue weighted by Gasteiger charge is 2.26. The Kier molecular flexibility index (Phi) is 14.1. The van der Waals surface area contributed by atoms with Gasteiger partial charge >= 0.3 is 5.97 Å². The van der Waals surface area contributed by atoms with Crippen molar-refractivity contribution < 1.29 is 19.0 Å². The number of ether oxygens (including phenoxy) is 3. The van der Waals surface area contributed by atoms with Crippen LogP contribution in [-0.4, -0.2) is 68.8 Å². The molecule has 0 bridgehead atoms. The first-order chi connectivity index (χ1) is 21.7. The van der Waals surface area contributed by atoms with Crippen LogP contribution in [0.15, 0.2) is 97.1 Å². The van der Waals surface area contributed by atoms with Gasteiger partial charge in [-0.3, -0.25) is 4.90 Å². The van der Waals surface area contributed by atoms with Crippen LogP contribution in [0.25, 0.3) is 6.08 Å². The summed E-state index contributed by atoms with van der Waals surface area (Å²) in [4.78, 5) is 16.7. The number of unbranched alkanes of at least 4 members (excludes halogenated alkanes) is 4. The van der Waals surface area contributed by atoms with Crippen LogP contribution in [0.2, 0.25) is 0 Å². The van der Waals surface area contributed by atoms with E-state index in [0.717, 1.165) is 43.9 Å². The van der Waals surface area contributed by atoms with Crippen LogP contribution in [-0.2, 0) is 9.53 Å². The van der Waals surface area contributed by atoms with Gasteiger partial charge in [0.25, 0.3) is 0 Å². The molecule has 0 aromatic heterocycles. The minimum atomic E-state index is -0.343. The van der Waals surface area contributed by atoms with Gasteiger partial charge in [-0.05, 0) is 55.1 Å². The van der Waals surface area contributed by atoms with Crippen LogP contribution in [0.3, 0.4) is 0 Å². The van der Waals surface area contributed by atoms with Gasteiger partial charge in [0, 0.05) is 32.3 Å². The number of allylic oxidation sites excluding steroid dienone is 2. The van der Waals surface area contributed by atoms with E-state index in [-0.39, 0.29) is 5.97 Å². The lowest BCUT2D eigenvalue weighted by Gasteiger charge is -2.39. The Labute approximate surface area is 263 Å². The lowest BCUT2D eigenvalue weighted by molar-refractivity contribution is -0.137. The van der Waals surface area contributed by atoms with Gasteiger partial charge in [0.05, 0.1) is 26.4 Å². The Balaban J connectivity index is 1.10. The topological polar surface area (TPSA) is 51.2 Å². The van der Waals surface area contributed by atoms with Gasteiger partial charge in [-0.1, -0.05) is 104 Å². The summed E-state index contributed by atoms with van der Waals surface area (Å²) < 4.78 is 16.4. The maximum Gasteiger partial charge on any atom is 0.330 e. The molecule has 0 radical (unpaired) electrons. The average Bonchev–Trinajstić information content (AvgIpc) is 3.06. The monoisotopic (exact) mass is 596 g/mol. The third-order valence-corrected chi connectivity index (χ3v) is 7.99. The molecule has 234 valence electrons. The Morgan fingerprint density at radius 3 is 2.11 bits per heavy atom. The summed E-state index contributed by atoms with van der Waals surface area (Å²) in [5, 5.41) is 0. The van der Waals surface area contributed by atoms with Crippen molar-refractivity contribution in [3.05, 3.63) is 114 Å². The van der Waals surface area contributed by atoms with Crippen molar-refractivity contribution in [3.8, 4) is 11.5 Å². The summed E-state index contributed by atoms with van der Waals surface area (Å²) in [6, 6.07) is 28.0. The fourth-order valence-electron chi connectivity index (χ4n) is 5.68.